The van der Waals surface area contributed by atoms with Gasteiger partial charge in [-0.2, -0.15) is 0 Å². The van der Waals surface area contributed by atoms with Gasteiger partial charge in [0.25, 0.3) is 11.8 Å². The zero-order chi connectivity index (χ0) is 25.7. The highest BCUT2D eigenvalue weighted by atomic mass is 35.5. The van der Waals surface area contributed by atoms with E-state index < -0.39 is 0 Å². The van der Waals surface area contributed by atoms with Gasteiger partial charge in [-0.05, 0) is 78.9 Å². The van der Waals surface area contributed by atoms with E-state index in [2.05, 4.69) is 15.5 Å². The Balaban J connectivity index is 1.30. The smallest absolute Gasteiger partial charge is 0.257 e. The molecule has 10 heteroatoms. The summed E-state index contributed by atoms with van der Waals surface area (Å²) in [4.78, 5) is 29.3. The van der Waals surface area contributed by atoms with Crippen LogP contribution in [0.5, 0.6) is 5.75 Å². The average molecular weight is 543 g/mol. The number of carbonyl (C=O) groups is 2. The minimum Gasteiger partial charge on any atom is -0.496 e. The number of anilines is 2. The van der Waals surface area contributed by atoms with Gasteiger partial charge in [-0.25, -0.2) is 0 Å². The highest BCUT2D eigenvalue weighted by Crippen LogP contribution is 2.25. The van der Waals surface area contributed by atoms with Gasteiger partial charge in [-0.15, -0.1) is 0 Å². The van der Waals surface area contributed by atoms with Gasteiger partial charge in [0.2, 0.25) is 0 Å². The van der Waals surface area contributed by atoms with E-state index in [1.165, 1.54) is 7.11 Å². The summed E-state index contributed by atoms with van der Waals surface area (Å²) in [5.41, 5.74) is 2.71. The summed E-state index contributed by atoms with van der Waals surface area (Å²) in [6.45, 7) is 2.54. The first-order valence-electron chi connectivity index (χ1n) is 11.2. The van der Waals surface area contributed by atoms with E-state index >= 15 is 0 Å². The van der Waals surface area contributed by atoms with Crippen LogP contribution in [0.2, 0.25) is 10.0 Å². The number of benzene rings is 3. The molecule has 4 rings (SSSR count). The lowest BCUT2D eigenvalue weighted by Gasteiger charge is -2.36. The second kappa shape index (κ2) is 11.6. The number of nitrogens with zero attached hydrogens (tertiary/aromatic N) is 2. The van der Waals surface area contributed by atoms with Crippen LogP contribution in [-0.4, -0.2) is 55.1 Å². The summed E-state index contributed by atoms with van der Waals surface area (Å²) < 4.78 is 5.33. The number of carbonyl (C=O) groups excluding carboxylic acids is 2. The topological polar surface area (TPSA) is 73.9 Å². The third-order valence-corrected chi connectivity index (χ3v) is 6.47. The molecule has 1 heterocycles. The van der Waals surface area contributed by atoms with Gasteiger partial charge in [-0.3, -0.25) is 14.9 Å². The Morgan fingerprint density at radius 3 is 2.17 bits per heavy atom. The molecule has 0 saturated carbocycles. The van der Waals surface area contributed by atoms with Crippen LogP contribution in [0.4, 0.5) is 11.4 Å². The number of hydrogen-bond donors (Lipinski definition) is 2. The SMILES string of the molecule is COc1ccc(Cl)cc1C(=O)N1CCN(c2ccc(NC(=S)NC(=O)c3ccc(Cl)cc3)cc2)CC1. The maximum absolute atomic E-state index is 13.0. The Bertz CT molecular complexity index is 1260. The minimum atomic E-state index is -0.316. The second-order valence-electron chi connectivity index (χ2n) is 8.09. The largest absolute Gasteiger partial charge is 0.496 e. The van der Waals surface area contributed by atoms with Gasteiger partial charge in [0.1, 0.15) is 5.75 Å². The molecule has 186 valence electrons. The van der Waals surface area contributed by atoms with Gasteiger partial charge in [0, 0.05) is 53.2 Å². The fraction of sp³-hybridized carbons (Fsp3) is 0.192. The number of piperazine rings is 1. The Hall–Kier alpha value is -3.33. The van der Waals surface area contributed by atoms with E-state index in [-0.39, 0.29) is 16.9 Å². The molecule has 0 unspecified atom stereocenters. The van der Waals surface area contributed by atoms with Gasteiger partial charge < -0.3 is 19.9 Å². The molecule has 36 heavy (non-hydrogen) atoms. The van der Waals surface area contributed by atoms with Crippen LogP contribution < -0.4 is 20.3 Å². The van der Waals surface area contributed by atoms with E-state index in [0.29, 0.717) is 53.1 Å². The minimum absolute atomic E-state index is 0.0947. The Morgan fingerprint density at radius 1 is 0.889 bits per heavy atom. The van der Waals surface area contributed by atoms with Crippen molar-refractivity contribution in [3.8, 4) is 5.75 Å². The first kappa shape index (κ1) is 25.8. The van der Waals surface area contributed by atoms with Gasteiger partial charge in [-0.1, -0.05) is 23.2 Å². The summed E-state index contributed by atoms with van der Waals surface area (Å²) in [6.07, 6.45) is 0. The van der Waals surface area contributed by atoms with Gasteiger partial charge in [0.15, 0.2) is 5.11 Å². The van der Waals surface area contributed by atoms with Crippen molar-refractivity contribution in [2.24, 2.45) is 0 Å². The monoisotopic (exact) mass is 542 g/mol. The van der Waals surface area contributed by atoms with Crippen LogP contribution in [0.1, 0.15) is 20.7 Å². The van der Waals surface area contributed by atoms with Crippen LogP contribution in [0.25, 0.3) is 0 Å². The Labute approximate surface area is 224 Å². The third-order valence-electron chi connectivity index (χ3n) is 5.78. The summed E-state index contributed by atoms with van der Waals surface area (Å²) in [5.74, 6) is 0.100. The Morgan fingerprint density at radius 2 is 1.53 bits per heavy atom. The van der Waals surface area contributed by atoms with Crippen molar-refractivity contribution in [3.05, 3.63) is 87.9 Å². The molecule has 0 radical (unpaired) electrons. The van der Waals surface area contributed by atoms with Crippen molar-refractivity contribution in [2.45, 2.75) is 0 Å². The van der Waals surface area contributed by atoms with E-state index in [1.54, 1.807) is 42.5 Å². The van der Waals surface area contributed by atoms with Gasteiger partial charge >= 0.3 is 0 Å². The van der Waals surface area contributed by atoms with Crippen molar-refractivity contribution < 1.29 is 14.3 Å². The molecule has 3 aromatic carbocycles. The number of methoxy groups -OCH3 is 1. The first-order chi connectivity index (χ1) is 17.3. The molecule has 1 aliphatic rings. The summed E-state index contributed by atoms with van der Waals surface area (Å²) in [6, 6.07) is 19.3. The summed E-state index contributed by atoms with van der Waals surface area (Å²) >= 11 is 17.2. The molecule has 0 aromatic heterocycles. The molecule has 0 bridgehead atoms. The van der Waals surface area contributed by atoms with Crippen molar-refractivity contribution in [1.29, 1.82) is 0 Å². The van der Waals surface area contributed by atoms with E-state index in [9.17, 15) is 9.59 Å². The molecule has 7 nitrogen and oxygen atoms in total. The van der Waals surface area contributed by atoms with E-state index in [0.717, 1.165) is 11.4 Å². The highest BCUT2D eigenvalue weighted by Gasteiger charge is 2.24. The lowest BCUT2D eigenvalue weighted by atomic mass is 10.1. The fourth-order valence-corrected chi connectivity index (χ4v) is 4.39. The van der Waals surface area contributed by atoms with Crippen LogP contribution in [0.15, 0.2) is 66.7 Å². The molecule has 2 N–H and O–H groups in total. The zero-order valence-electron chi connectivity index (χ0n) is 19.5. The van der Waals surface area contributed by atoms with Crippen LogP contribution in [0.3, 0.4) is 0 Å². The highest BCUT2D eigenvalue weighted by molar-refractivity contribution is 7.80. The molecule has 2 amide bonds. The number of nitrogens with one attached hydrogen (secondary N) is 2. The molecule has 0 spiro atoms. The molecule has 1 aliphatic heterocycles. The number of thiocarbonyl (C=S) groups is 1. The standard InChI is InChI=1S/C26H24Cl2N4O3S/c1-35-23-11-6-19(28)16-22(23)25(34)32-14-12-31(13-15-32)21-9-7-20(8-10-21)29-26(36)30-24(33)17-2-4-18(27)5-3-17/h2-11,16H,12-15H2,1H3,(H2,29,30,33,36). The second-order valence-corrected chi connectivity index (χ2v) is 9.37. The Kier molecular flexibility index (Phi) is 8.30. The predicted octanol–water partition coefficient (Wildman–Crippen LogP) is 5.09. The number of hydrogen-bond acceptors (Lipinski definition) is 5. The van der Waals surface area contributed by atoms with Gasteiger partial charge in [0.05, 0.1) is 12.7 Å². The summed E-state index contributed by atoms with van der Waals surface area (Å²) in [7, 11) is 1.54. The first-order valence-corrected chi connectivity index (χ1v) is 12.4. The number of amides is 2. The van der Waals surface area contributed by atoms with Crippen molar-refractivity contribution in [3.63, 3.8) is 0 Å². The number of ether oxygens (including phenoxy) is 1. The molecule has 1 fully saturated rings. The maximum atomic E-state index is 13.0. The van der Waals surface area contributed by atoms with Crippen molar-refractivity contribution in [2.75, 3.05) is 43.5 Å². The normalized spacial score (nSPS) is 13.2. The third kappa shape index (κ3) is 6.26. The van der Waals surface area contributed by atoms with Crippen LogP contribution in [0, 0.1) is 0 Å². The average Bonchev–Trinajstić information content (AvgIpc) is 2.89. The maximum Gasteiger partial charge on any atom is 0.257 e. The molecule has 3 aromatic rings. The number of rotatable bonds is 5. The lowest BCUT2D eigenvalue weighted by Crippen LogP contribution is -2.48. The van der Waals surface area contributed by atoms with Crippen molar-refractivity contribution >= 4 is 63.7 Å². The quantitative estimate of drug-likeness (QED) is 0.437. The molecular formula is C26H24Cl2N4O3S. The lowest BCUT2D eigenvalue weighted by molar-refractivity contribution is 0.0743. The van der Waals surface area contributed by atoms with E-state index in [4.69, 9.17) is 40.2 Å². The zero-order valence-corrected chi connectivity index (χ0v) is 21.8. The fourth-order valence-electron chi connectivity index (χ4n) is 3.88. The van der Waals surface area contributed by atoms with E-state index in [1.807, 2.05) is 29.2 Å². The van der Waals surface area contributed by atoms with Crippen LogP contribution in [-0.2, 0) is 0 Å². The predicted molar refractivity (Wildman–Crippen MR) is 148 cm³/mol. The van der Waals surface area contributed by atoms with Crippen LogP contribution >= 0.6 is 35.4 Å². The van der Waals surface area contributed by atoms with Crippen molar-refractivity contribution in [1.82, 2.24) is 10.2 Å². The number of halogens is 2. The molecule has 1 saturated heterocycles. The molecular weight excluding hydrogens is 519 g/mol. The molecule has 0 atom stereocenters. The molecule has 0 aliphatic carbocycles. The summed E-state index contributed by atoms with van der Waals surface area (Å²) in [5, 5.41) is 6.93.